The molecule has 1 saturated heterocycles. The molecular weight excluding hydrogens is 392 g/mol. The number of piperidine rings is 1. The van der Waals surface area contributed by atoms with Crippen LogP contribution in [0.1, 0.15) is 42.2 Å². The number of fused-ring (bicyclic) bond motifs is 1. The average molecular weight is 421 g/mol. The number of likely N-dealkylation sites (tertiary alicyclic amines) is 1. The topological polar surface area (TPSA) is 76.6 Å². The van der Waals surface area contributed by atoms with Gasteiger partial charge in [0.2, 0.25) is 0 Å². The Morgan fingerprint density at radius 2 is 1.87 bits per heavy atom. The van der Waals surface area contributed by atoms with Crippen LogP contribution in [0.15, 0.2) is 36.5 Å². The summed E-state index contributed by atoms with van der Waals surface area (Å²) in [5.74, 6) is 1.30. The maximum atomic E-state index is 13.6. The molecule has 3 heterocycles. The molecule has 4 rings (SSSR count). The molecule has 1 atom stereocenters. The Labute approximate surface area is 182 Å². The van der Waals surface area contributed by atoms with E-state index < -0.39 is 0 Å². The zero-order chi connectivity index (χ0) is 22.0. The van der Waals surface area contributed by atoms with Crippen molar-refractivity contribution in [2.75, 3.05) is 26.1 Å². The Bertz CT molecular complexity index is 1090. The first-order chi connectivity index (χ1) is 15.0. The van der Waals surface area contributed by atoms with Crippen molar-refractivity contribution < 1.29 is 14.3 Å². The van der Waals surface area contributed by atoms with Crippen LogP contribution in [0.3, 0.4) is 0 Å². The monoisotopic (exact) mass is 420 g/mol. The molecule has 0 saturated carbocycles. The molecule has 7 nitrogen and oxygen atoms in total. The number of benzene rings is 1. The minimum atomic E-state index is -0.0143. The molecule has 3 aromatic rings. The zero-order valence-electron chi connectivity index (χ0n) is 18.4. The summed E-state index contributed by atoms with van der Waals surface area (Å²) < 4.78 is 10.8. The summed E-state index contributed by atoms with van der Waals surface area (Å²) in [6, 6.07) is 9.64. The SMILES string of the molecule is COc1cc(Nc2c(C(=O)N3CCCC[C@H]3C)cnc3nc(C)ccc23)cc(OC)c1. The van der Waals surface area contributed by atoms with Crippen LogP contribution in [-0.4, -0.2) is 47.6 Å². The third-order valence-electron chi connectivity index (χ3n) is 5.78. The molecule has 0 unspecified atom stereocenters. The largest absolute Gasteiger partial charge is 0.497 e. The molecule has 1 aliphatic heterocycles. The quantitative estimate of drug-likeness (QED) is 0.644. The molecule has 7 heteroatoms. The fourth-order valence-electron chi connectivity index (χ4n) is 4.05. The average Bonchev–Trinajstić information content (AvgIpc) is 2.78. The fourth-order valence-corrected chi connectivity index (χ4v) is 4.05. The Morgan fingerprint density at radius 1 is 1.13 bits per heavy atom. The molecule has 1 amide bonds. The molecule has 0 spiro atoms. The van der Waals surface area contributed by atoms with Crippen molar-refractivity contribution in [3.05, 3.63) is 47.8 Å². The lowest BCUT2D eigenvalue weighted by Crippen LogP contribution is -2.42. The van der Waals surface area contributed by atoms with Gasteiger partial charge in [0.05, 0.1) is 25.5 Å². The van der Waals surface area contributed by atoms with Crippen molar-refractivity contribution in [2.24, 2.45) is 0 Å². The van der Waals surface area contributed by atoms with Crippen molar-refractivity contribution >= 4 is 28.3 Å². The number of aromatic nitrogens is 2. The van der Waals surface area contributed by atoms with Crippen LogP contribution < -0.4 is 14.8 Å². The van der Waals surface area contributed by atoms with Gasteiger partial charge in [-0.1, -0.05) is 0 Å². The predicted molar refractivity (Wildman–Crippen MR) is 121 cm³/mol. The number of nitrogens with one attached hydrogen (secondary N) is 1. The predicted octanol–water partition coefficient (Wildman–Crippen LogP) is 4.71. The van der Waals surface area contributed by atoms with E-state index in [0.29, 0.717) is 28.4 Å². The van der Waals surface area contributed by atoms with E-state index >= 15 is 0 Å². The second-order valence-corrected chi connectivity index (χ2v) is 7.94. The minimum absolute atomic E-state index is 0.0143. The van der Waals surface area contributed by atoms with E-state index in [1.54, 1.807) is 20.4 Å². The van der Waals surface area contributed by atoms with Crippen LogP contribution in [0.4, 0.5) is 11.4 Å². The fraction of sp³-hybridized carbons (Fsp3) is 0.375. The van der Waals surface area contributed by atoms with Crippen LogP contribution in [0, 0.1) is 6.92 Å². The highest BCUT2D eigenvalue weighted by atomic mass is 16.5. The molecule has 162 valence electrons. The highest BCUT2D eigenvalue weighted by Crippen LogP contribution is 2.34. The van der Waals surface area contributed by atoms with Crippen LogP contribution >= 0.6 is 0 Å². The number of amides is 1. The van der Waals surface area contributed by atoms with Gasteiger partial charge in [-0.15, -0.1) is 0 Å². The van der Waals surface area contributed by atoms with E-state index in [1.165, 1.54) is 0 Å². The van der Waals surface area contributed by atoms with Crippen molar-refractivity contribution in [1.29, 1.82) is 0 Å². The number of anilines is 2. The van der Waals surface area contributed by atoms with Crippen LogP contribution in [0.2, 0.25) is 0 Å². The molecule has 2 aromatic heterocycles. The number of hydrogen-bond acceptors (Lipinski definition) is 6. The number of nitrogens with zero attached hydrogens (tertiary/aromatic N) is 3. The highest BCUT2D eigenvalue weighted by molar-refractivity contribution is 6.07. The second kappa shape index (κ2) is 8.79. The number of rotatable bonds is 5. The van der Waals surface area contributed by atoms with Gasteiger partial charge in [-0.05, 0) is 45.2 Å². The molecule has 1 aliphatic rings. The first-order valence-electron chi connectivity index (χ1n) is 10.6. The number of carbonyl (C=O) groups is 1. The van der Waals surface area contributed by atoms with Gasteiger partial charge >= 0.3 is 0 Å². The van der Waals surface area contributed by atoms with Gasteiger partial charge in [0.15, 0.2) is 5.65 Å². The third kappa shape index (κ3) is 4.26. The van der Waals surface area contributed by atoms with E-state index in [0.717, 1.165) is 42.6 Å². The Morgan fingerprint density at radius 3 is 2.55 bits per heavy atom. The van der Waals surface area contributed by atoms with Gasteiger partial charge < -0.3 is 19.7 Å². The summed E-state index contributed by atoms with van der Waals surface area (Å²) >= 11 is 0. The molecule has 31 heavy (non-hydrogen) atoms. The van der Waals surface area contributed by atoms with Gasteiger partial charge in [0.1, 0.15) is 11.5 Å². The first-order valence-corrected chi connectivity index (χ1v) is 10.6. The maximum Gasteiger partial charge on any atom is 0.257 e. The molecule has 1 fully saturated rings. The summed E-state index contributed by atoms with van der Waals surface area (Å²) in [4.78, 5) is 24.6. The second-order valence-electron chi connectivity index (χ2n) is 7.94. The van der Waals surface area contributed by atoms with E-state index in [2.05, 4.69) is 22.2 Å². The number of hydrogen-bond donors (Lipinski definition) is 1. The summed E-state index contributed by atoms with van der Waals surface area (Å²) in [5.41, 5.74) is 3.45. The van der Waals surface area contributed by atoms with Gasteiger partial charge in [-0.3, -0.25) is 4.79 Å². The van der Waals surface area contributed by atoms with E-state index in [1.807, 2.05) is 42.2 Å². The Hall–Kier alpha value is -3.35. The van der Waals surface area contributed by atoms with Crippen molar-refractivity contribution in [1.82, 2.24) is 14.9 Å². The molecule has 0 bridgehead atoms. The number of ether oxygens (including phenoxy) is 2. The van der Waals surface area contributed by atoms with Gasteiger partial charge in [0.25, 0.3) is 5.91 Å². The van der Waals surface area contributed by atoms with Crippen molar-refractivity contribution in [3.8, 4) is 11.5 Å². The van der Waals surface area contributed by atoms with Crippen molar-refractivity contribution in [3.63, 3.8) is 0 Å². The first kappa shape index (κ1) is 20.9. The minimum Gasteiger partial charge on any atom is -0.497 e. The lowest BCUT2D eigenvalue weighted by Gasteiger charge is -2.34. The van der Waals surface area contributed by atoms with E-state index in [9.17, 15) is 4.79 Å². The normalized spacial score (nSPS) is 16.3. The van der Waals surface area contributed by atoms with Crippen LogP contribution in [-0.2, 0) is 0 Å². The molecular formula is C24H28N4O3. The molecule has 1 aromatic carbocycles. The van der Waals surface area contributed by atoms with E-state index in [4.69, 9.17) is 9.47 Å². The summed E-state index contributed by atoms with van der Waals surface area (Å²) in [6.45, 7) is 4.79. The summed E-state index contributed by atoms with van der Waals surface area (Å²) in [7, 11) is 3.22. The highest BCUT2D eigenvalue weighted by Gasteiger charge is 2.27. The third-order valence-corrected chi connectivity index (χ3v) is 5.78. The van der Waals surface area contributed by atoms with Crippen LogP contribution in [0.25, 0.3) is 11.0 Å². The molecule has 1 N–H and O–H groups in total. The molecule has 0 aliphatic carbocycles. The number of aryl methyl sites for hydroxylation is 1. The number of methoxy groups -OCH3 is 2. The lowest BCUT2D eigenvalue weighted by atomic mass is 10.0. The number of carbonyl (C=O) groups excluding carboxylic acids is 1. The van der Waals surface area contributed by atoms with Crippen molar-refractivity contribution in [2.45, 2.75) is 39.2 Å². The number of pyridine rings is 2. The molecule has 0 radical (unpaired) electrons. The van der Waals surface area contributed by atoms with Crippen LogP contribution in [0.5, 0.6) is 11.5 Å². The maximum absolute atomic E-state index is 13.6. The summed E-state index contributed by atoms with van der Waals surface area (Å²) in [6.07, 6.45) is 4.83. The summed E-state index contributed by atoms with van der Waals surface area (Å²) in [5, 5.41) is 4.23. The van der Waals surface area contributed by atoms with Gasteiger partial charge in [0, 0.05) is 53.8 Å². The van der Waals surface area contributed by atoms with Gasteiger partial charge in [-0.2, -0.15) is 0 Å². The Kier molecular flexibility index (Phi) is 5.93. The smallest absolute Gasteiger partial charge is 0.257 e. The lowest BCUT2D eigenvalue weighted by molar-refractivity contribution is 0.0636. The van der Waals surface area contributed by atoms with Gasteiger partial charge in [-0.25, -0.2) is 9.97 Å². The zero-order valence-corrected chi connectivity index (χ0v) is 18.4. The Balaban J connectivity index is 1.83. The van der Waals surface area contributed by atoms with E-state index in [-0.39, 0.29) is 11.9 Å². The standard InChI is InChI=1S/C24H28N4O3/c1-15-8-9-20-22(27-17-11-18(30-3)13-19(12-17)31-4)21(14-25-23(20)26-15)24(29)28-10-6-5-7-16(28)2/h8-9,11-14,16H,5-7,10H2,1-4H3,(H,25,26,27)/t16-/m1/s1.